The van der Waals surface area contributed by atoms with Gasteiger partial charge in [0, 0.05) is 16.4 Å². The number of benzene rings is 1. The van der Waals surface area contributed by atoms with Crippen molar-refractivity contribution in [2.75, 3.05) is 0 Å². The highest BCUT2D eigenvalue weighted by molar-refractivity contribution is 5.96. The van der Waals surface area contributed by atoms with E-state index in [-0.39, 0.29) is 28.7 Å². The van der Waals surface area contributed by atoms with E-state index < -0.39 is 0 Å². The molecular formula is C18H24O3. The minimum Gasteiger partial charge on any atom is -0.458 e. The molecule has 0 aromatic heterocycles. The number of Topliss-reactive ketones (excluding diaryl/α,β-unsaturated/α-hetero) is 1. The Morgan fingerprint density at radius 2 is 1.38 bits per heavy atom. The van der Waals surface area contributed by atoms with Gasteiger partial charge in [-0.25, -0.2) is 4.79 Å². The van der Waals surface area contributed by atoms with Gasteiger partial charge in [0.15, 0.2) is 5.78 Å². The van der Waals surface area contributed by atoms with Crippen molar-refractivity contribution in [3.8, 4) is 0 Å². The summed E-state index contributed by atoms with van der Waals surface area (Å²) in [5.74, 6) is 0.163. The van der Waals surface area contributed by atoms with Gasteiger partial charge in [-0.2, -0.15) is 0 Å². The first kappa shape index (κ1) is 15.7. The van der Waals surface area contributed by atoms with Gasteiger partial charge in [-0.1, -0.05) is 46.8 Å². The van der Waals surface area contributed by atoms with Crippen LogP contribution in [0.15, 0.2) is 24.3 Å². The van der Waals surface area contributed by atoms with Gasteiger partial charge in [0.25, 0.3) is 0 Å². The van der Waals surface area contributed by atoms with E-state index in [4.69, 9.17) is 4.74 Å². The molecule has 0 heterocycles. The first-order valence-electron chi connectivity index (χ1n) is 7.40. The normalized spacial score (nSPS) is 25.8. The number of ether oxygens (including phenoxy) is 1. The lowest BCUT2D eigenvalue weighted by Gasteiger charge is -2.62. The third kappa shape index (κ3) is 2.50. The highest BCUT2D eigenvalue weighted by atomic mass is 16.5. The van der Waals surface area contributed by atoms with Crippen molar-refractivity contribution in [2.45, 2.75) is 47.6 Å². The maximum absolute atomic E-state index is 12.3. The third-order valence-electron chi connectivity index (χ3n) is 5.34. The molecule has 0 bridgehead atoms. The topological polar surface area (TPSA) is 43.4 Å². The van der Waals surface area contributed by atoms with Crippen molar-refractivity contribution in [3.05, 3.63) is 35.4 Å². The fourth-order valence-corrected chi connectivity index (χ4v) is 3.60. The molecule has 0 amide bonds. The van der Waals surface area contributed by atoms with Gasteiger partial charge in [0.1, 0.15) is 6.10 Å². The van der Waals surface area contributed by atoms with E-state index in [9.17, 15) is 9.59 Å². The summed E-state index contributed by atoms with van der Waals surface area (Å²) in [4.78, 5) is 23.6. The Kier molecular flexibility index (Phi) is 3.73. The molecular weight excluding hydrogens is 264 g/mol. The van der Waals surface area contributed by atoms with Crippen LogP contribution in [-0.4, -0.2) is 17.9 Å². The first-order valence-corrected chi connectivity index (χ1v) is 7.40. The van der Waals surface area contributed by atoms with E-state index >= 15 is 0 Å². The fourth-order valence-electron chi connectivity index (χ4n) is 3.60. The zero-order valence-corrected chi connectivity index (χ0v) is 13.7. The lowest BCUT2D eigenvalue weighted by molar-refractivity contribution is -0.205. The standard InChI is InChI=1S/C18H24O3/c1-11(19)13-7-9-14(10-8-13)15(20)21-16-17(3,4)12(2)18(16,5)6/h7-10,12,16H,1-6H3. The number of carbonyl (C=O) groups is 2. The molecule has 0 aliphatic heterocycles. The van der Waals surface area contributed by atoms with Crippen LogP contribution in [0, 0.1) is 16.7 Å². The molecule has 1 saturated carbocycles. The number of hydrogen-bond acceptors (Lipinski definition) is 3. The third-order valence-corrected chi connectivity index (χ3v) is 5.34. The maximum atomic E-state index is 12.3. The van der Waals surface area contributed by atoms with Gasteiger partial charge in [0.05, 0.1) is 5.56 Å². The smallest absolute Gasteiger partial charge is 0.338 e. The highest BCUT2D eigenvalue weighted by Crippen LogP contribution is 2.60. The molecule has 1 aliphatic rings. The van der Waals surface area contributed by atoms with Crippen LogP contribution in [0.3, 0.4) is 0 Å². The fraction of sp³-hybridized carbons (Fsp3) is 0.556. The van der Waals surface area contributed by atoms with E-state index in [2.05, 4.69) is 34.6 Å². The number of rotatable bonds is 3. The molecule has 0 spiro atoms. The molecule has 1 aromatic carbocycles. The Hall–Kier alpha value is -1.64. The summed E-state index contributed by atoms with van der Waals surface area (Å²) in [5.41, 5.74) is 1.06. The van der Waals surface area contributed by atoms with Gasteiger partial charge < -0.3 is 4.74 Å². The number of carbonyl (C=O) groups excluding carboxylic acids is 2. The highest BCUT2D eigenvalue weighted by Gasteiger charge is 2.61. The lowest BCUT2D eigenvalue weighted by atomic mass is 9.46. The van der Waals surface area contributed by atoms with Crippen molar-refractivity contribution in [2.24, 2.45) is 16.7 Å². The van der Waals surface area contributed by atoms with Crippen LogP contribution in [0.5, 0.6) is 0 Å². The zero-order chi connectivity index (χ0) is 16.0. The van der Waals surface area contributed by atoms with Crippen LogP contribution in [0.2, 0.25) is 0 Å². The average Bonchev–Trinajstić information content (AvgIpc) is 2.43. The molecule has 0 atom stereocenters. The molecule has 114 valence electrons. The Balaban J connectivity index is 2.13. The van der Waals surface area contributed by atoms with E-state index in [1.165, 1.54) is 6.92 Å². The van der Waals surface area contributed by atoms with Crippen molar-refractivity contribution < 1.29 is 14.3 Å². The minimum atomic E-state index is -0.317. The van der Waals surface area contributed by atoms with Crippen LogP contribution in [0.25, 0.3) is 0 Å². The summed E-state index contributed by atoms with van der Waals surface area (Å²) in [6.07, 6.45) is -0.0972. The summed E-state index contributed by atoms with van der Waals surface area (Å²) in [5, 5.41) is 0. The summed E-state index contributed by atoms with van der Waals surface area (Å²) in [6, 6.07) is 6.64. The number of ketones is 1. The summed E-state index contributed by atoms with van der Waals surface area (Å²) < 4.78 is 5.75. The second-order valence-electron chi connectivity index (χ2n) is 7.28. The van der Waals surface area contributed by atoms with Gasteiger partial charge in [-0.05, 0) is 25.0 Å². The first-order chi connectivity index (χ1) is 9.58. The predicted octanol–water partition coefficient (Wildman–Crippen LogP) is 4.12. The van der Waals surface area contributed by atoms with Crippen LogP contribution < -0.4 is 0 Å². The Morgan fingerprint density at radius 3 is 1.81 bits per heavy atom. The number of hydrogen-bond donors (Lipinski definition) is 0. The van der Waals surface area contributed by atoms with Gasteiger partial charge in [0.2, 0.25) is 0 Å². The van der Waals surface area contributed by atoms with E-state index in [1.807, 2.05) is 0 Å². The molecule has 21 heavy (non-hydrogen) atoms. The van der Waals surface area contributed by atoms with Crippen LogP contribution >= 0.6 is 0 Å². The van der Waals surface area contributed by atoms with Crippen molar-refractivity contribution in [3.63, 3.8) is 0 Å². The van der Waals surface area contributed by atoms with Crippen molar-refractivity contribution in [1.29, 1.82) is 0 Å². The zero-order valence-electron chi connectivity index (χ0n) is 13.7. The van der Waals surface area contributed by atoms with E-state index in [0.29, 0.717) is 17.0 Å². The van der Waals surface area contributed by atoms with Gasteiger partial charge in [-0.3, -0.25) is 4.79 Å². The summed E-state index contributed by atoms with van der Waals surface area (Å²) in [7, 11) is 0. The van der Waals surface area contributed by atoms with Gasteiger partial charge >= 0.3 is 5.97 Å². The van der Waals surface area contributed by atoms with Crippen LogP contribution in [0.4, 0.5) is 0 Å². The van der Waals surface area contributed by atoms with Crippen LogP contribution in [-0.2, 0) is 4.74 Å². The quantitative estimate of drug-likeness (QED) is 0.621. The monoisotopic (exact) mass is 288 g/mol. The summed E-state index contributed by atoms with van der Waals surface area (Å²) >= 11 is 0. The molecule has 3 heteroatoms. The molecule has 2 rings (SSSR count). The Morgan fingerprint density at radius 1 is 0.952 bits per heavy atom. The number of esters is 1. The van der Waals surface area contributed by atoms with E-state index in [0.717, 1.165) is 0 Å². The molecule has 1 aliphatic carbocycles. The molecule has 0 radical (unpaired) electrons. The SMILES string of the molecule is CC(=O)c1ccc(C(=O)OC2C(C)(C)C(C)C2(C)C)cc1. The predicted molar refractivity (Wildman–Crippen MR) is 82.4 cm³/mol. The van der Waals surface area contributed by atoms with E-state index in [1.54, 1.807) is 24.3 Å². The molecule has 1 aromatic rings. The lowest BCUT2D eigenvalue weighted by Crippen LogP contribution is -2.63. The molecule has 0 N–H and O–H groups in total. The summed E-state index contributed by atoms with van der Waals surface area (Å²) in [6.45, 7) is 12.3. The largest absolute Gasteiger partial charge is 0.458 e. The Bertz CT molecular complexity index is 551. The molecule has 0 unspecified atom stereocenters. The van der Waals surface area contributed by atoms with Crippen molar-refractivity contribution >= 4 is 11.8 Å². The second kappa shape index (κ2) is 4.97. The van der Waals surface area contributed by atoms with Crippen molar-refractivity contribution in [1.82, 2.24) is 0 Å². The Labute approximate surface area is 126 Å². The maximum Gasteiger partial charge on any atom is 0.338 e. The molecule has 0 saturated heterocycles. The minimum absolute atomic E-state index is 0.00926. The van der Waals surface area contributed by atoms with Gasteiger partial charge in [-0.15, -0.1) is 0 Å². The molecule has 1 fully saturated rings. The second-order valence-corrected chi connectivity index (χ2v) is 7.28. The van der Waals surface area contributed by atoms with Crippen LogP contribution in [0.1, 0.15) is 62.3 Å². The average molecular weight is 288 g/mol. The molecule has 3 nitrogen and oxygen atoms in total.